The van der Waals surface area contributed by atoms with Crippen molar-refractivity contribution in [2.45, 2.75) is 45.8 Å². The summed E-state index contributed by atoms with van der Waals surface area (Å²) in [5, 5.41) is 0.135. The van der Waals surface area contributed by atoms with Gasteiger partial charge in [0, 0.05) is 13.1 Å². The van der Waals surface area contributed by atoms with E-state index in [2.05, 4.69) is 25.7 Å². The second-order valence-corrected chi connectivity index (χ2v) is 6.75. The topological polar surface area (TPSA) is 20.3 Å². The summed E-state index contributed by atoms with van der Waals surface area (Å²) in [6.45, 7) is 10.7. The molecule has 94 valence electrons. The van der Waals surface area contributed by atoms with Crippen LogP contribution in [0.25, 0.3) is 0 Å². The number of thioether (sulfide) groups is 1. The molecule has 0 spiro atoms. The summed E-state index contributed by atoms with van der Waals surface area (Å²) in [7, 11) is 0. The maximum Gasteiger partial charge on any atom is 0.235 e. The lowest BCUT2D eigenvalue weighted by Crippen LogP contribution is -2.41. The third-order valence-electron chi connectivity index (χ3n) is 3.12. The Hall–Kier alpha value is -0.180. The molecule has 0 aromatic rings. The first kappa shape index (κ1) is 13.9. The Morgan fingerprint density at radius 1 is 1.31 bits per heavy atom. The molecule has 1 amide bonds. The quantitative estimate of drug-likeness (QED) is 0.756. The molecule has 0 aliphatic carbocycles. The molecule has 1 saturated heterocycles. The fourth-order valence-corrected chi connectivity index (χ4v) is 2.86. The standard InChI is InChI=1S/C13H25NOS/c1-10(2)9-16-12(4)13(15)14-7-5-11(3)6-8-14/h10-12H,5-9H2,1-4H3. The maximum absolute atomic E-state index is 12.1. The predicted octanol–water partition coefficient (Wildman–Crippen LogP) is 3.02. The minimum absolute atomic E-state index is 0.135. The van der Waals surface area contributed by atoms with Crippen LogP contribution in [0.5, 0.6) is 0 Å². The number of nitrogens with zero attached hydrogens (tertiary/aromatic N) is 1. The Bertz CT molecular complexity index is 222. The average molecular weight is 243 g/mol. The van der Waals surface area contributed by atoms with Crippen LogP contribution < -0.4 is 0 Å². The van der Waals surface area contributed by atoms with E-state index < -0.39 is 0 Å². The molecule has 0 N–H and O–H groups in total. The monoisotopic (exact) mass is 243 g/mol. The molecular weight excluding hydrogens is 218 g/mol. The van der Waals surface area contributed by atoms with Gasteiger partial charge in [-0.2, -0.15) is 0 Å². The van der Waals surface area contributed by atoms with Crippen LogP contribution in [0.15, 0.2) is 0 Å². The molecular formula is C13H25NOS. The number of hydrogen-bond donors (Lipinski definition) is 0. The molecule has 3 heteroatoms. The number of amides is 1. The smallest absolute Gasteiger partial charge is 0.235 e. The molecule has 1 aliphatic heterocycles. The van der Waals surface area contributed by atoms with Gasteiger partial charge in [-0.15, -0.1) is 11.8 Å². The summed E-state index contributed by atoms with van der Waals surface area (Å²) in [6.07, 6.45) is 2.35. The predicted molar refractivity (Wildman–Crippen MR) is 71.7 cm³/mol. The van der Waals surface area contributed by atoms with E-state index in [-0.39, 0.29) is 5.25 Å². The minimum Gasteiger partial charge on any atom is -0.342 e. The summed E-state index contributed by atoms with van der Waals surface area (Å²) < 4.78 is 0. The van der Waals surface area contributed by atoms with Gasteiger partial charge in [-0.1, -0.05) is 20.8 Å². The first-order valence-corrected chi connectivity index (χ1v) is 7.46. The molecule has 0 aromatic carbocycles. The average Bonchev–Trinajstić information content (AvgIpc) is 2.26. The molecule has 1 rings (SSSR count). The molecule has 1 aliphatic rings. The largest absolute Gasteiger partial charge is 0.342 e. The maximum atomic E-state index is 12.1. The van der Waals surface area contributed by atoms with Crippen molar-refractivity contribution in [3.8, 4) is 0 Å². The Labute approximate surface area is 104 Å². The van der Waals surface area contributed by atoms with Crippen molar-refractivity contribution < 1.29 is 4.79 Å². The fraction of sp³-hybridized carbons (Fsp3) is 0.923. The van der Waals surface area contributed by atoms with Crippen molar-refractivity contribution in [1.82, 2.24) is 4.90 Å². The van der Waals surface area contributed by atoms with Crippen molar-refractivity contribution in [3.63, 3.8) is 0 Å². The van der Waals surface area contributed by atoms with Gasteiger partial charge in [0.25, 0.3) is 0 Å². The Morgan fingerprint density at radius 3 is 2.38 bits per heavy atom. The van der Waals surface area contributed by atoms with Crippen molar-refractivity contribution in [2.75, 3.05) is 18.8 Å². The Kier molecular flexibility index (Phi) is 5.67. The number of hydrogen-bond acceptors (Lipinski definition) is 2. The highest BCUT2D eigenvalue weighted by Gasteiger charge is 2.24. The minimum atomic E-state index is 0.135. The second-order valence-electron chi connectivity index (χ2n) is 5.38. The van der Waals surface area contributed by atoms with E-state index in [0.717, 1.165) is 24.8 Å². The van der Waals surface area contributed by atoms with Gasteiger partial charge < -0.3 is 4.90 Å². The van der Waals surface area contributed by atoms with Gasteiger partial charge in [0.15, 0.2) is 0 Å². The van der Waals surface area contributed by atoms with Gasteiger partial charge in [-0.05, 0) is 37.4 Å². The number of carbonyl (C=O) groups excluding carboxylic acids is 1. The molecule has 0 bridgehead atoms. The van der Waals surface area contributed by atoms with Crippen LogP contribution >= 0.6 is 11.8 Å². The third kappa shape index (κ3) is 4.36. The van der Waals surface area contributed by atoms with Crippen molar-refractivity contribution in [1.29, 1.82) is 0 Å². The zero-order valence-corrected chi connectivity index (χ0v) is 11.8. The number of carbonyl (C=O) groups is 1. The highest BCUT2D eigenvalue weighted by atomic mass is 32.2. The van der Waals surface area contributed by atoms with Crippen LogP contribution in [0.2, 0.25) is 0 Å². The zero-order chi connectivity index (χ0) is 12.1. The van der Waals surface area contributed by atoms with E-state index >= 15 is 0 Å². The summed E-state index contributed by atoms with van der Waals surface area (Å²) >= 11 is 1.80. The normalized spacial score (nSPS) is 20.2. The molecule has 2 nitrogen and oxygen atoms in total. The van der Waals surface area contributed by atoms with Crippen molar-refractivity contribution in [2.24, 2.45) is 11.8 Å². The SMILES string of the molecule is CC(C)CSC(C)C(=O)N1CCC(C)CC1. The highest BCUT2D eigenvalue weighted by Crippen LogP contribution is 2.21. The van der Waals surface area contributed by atoms with Crippen LogP contribution in [0.1, 0.15) is 40.5 Å². The number of piperidine rings is 1. The molecule has 0 aromatic heterocycles. The fourth-order valence-electron chi connectivity index (χ4n) is 1.89. The summed E-state index contributed by atoms with van der Waals surface area (Å²) in [4.78, 5) is 14.2. The van der Waals surface area contributed by atoms with Crippen molar-refractivity contribution >= 4 is 17.7 Å². The van der Waals surface area contributed by atoms with E-state index in [1.807, 2.05) is 6.92 Å². The van der Waals surface area contributed by atoms with E-state index in [9.17, 15) is 4.79 Å². The Balaban J connectivity index is 2.32. The van der Waals surface area contributed by atoms with E-state index in [1.54, 1.807) is 11.8 Å². The lowest BCUT2D eigenvalue weighted by atomic mass is 9.99. The zero-order valence-electron chi connectivity index (χ0n) is 11.0. The highest BCUT2D eigenvalue weighted by molar-refractivity contribution is 8.00. The van der Waals surface area contributed by atoms with Gasteiger partial charge in [-0.25, -0.2) is 0 Å². The molecule has 0 radical (unpaired) electrons. The van der Waals surface area contributed by atoms with Crippen LogP contribution in [0, 0.1) is 11.8 Å². The number of likely N-dealkylation sites (tertiary alicyclic amines) is 1. The van der Waals surface area contributed by atoms with Gasteiger partial charge in [-0.3, -0.25) is 4.79 Å². The van der Waals surface area contributed by atoms with Gasteiger partial charge in [0.2, 0.25) is 5.91 Å². The Morgan fingerprint density at radius 2 is 1.88 bits per heavy atom. The molecule has 0 saturated carbocycles. The molecule has 1 fully saturated rings. The van der Waals surface area contributed by atoms with E-state index in [4.69, 9.17) is 0 Å². The molecule has 1 heterocycles. The summed E-state index contributed by atoms with van der Waals surface area (Å²) in [5.74, 6) is 2.89. The first-order valence-electron chi connectivity index (χ1n) is 6.41. The second kappa shape index (κ2) is 6.53. The lowest BCUT2D eigenvalue weighted by Gasteiger charge is -2.32. The molecule has 1 unspecified atom stereocenters. The first-order chi connectivity index (χ1) is 7.50. The van der Waals surface area contributed by atoms with Crippen LogP contribution in [0.3, 0.4) is 0 Å². The molecule has 1 atom stereocenters. The van der Waals surface area contributed by atoms with Crippen LogP contribution in [-0.2, 0) is 4.79 Å². The van der Waals surface area contributed by atoms with Crippen LogP contribution in [0.4, 0.5) is 0 Å². The van der Waals surface area contributed by atoms with Crippen LogP contribution in [-0.4, -0.2) is 34.9 Å². The van der Waals surface area contributed by atoms with Gasteiger partial charge in [0.1, 0.15) is 0 Å². The van der Waals surface area contributed by atoms with Gasteiger partial charge >= 0.3 is 0 Å². The number of rotatable bonds is 4. The third-order valence-corrected chi connectivity index (χ3v) is 4.68. The summed E-state index contributed by atoms with van der Waals surface area (Å²) in [5.41, 5.74) is 0. The van der Waals surface area contributed by atoms with E-state index in [0.29, 0.717) is 11.8 Å². The van der Waals surface area contributed by atoms with E-state index in [1.165, 1.54) is 12.8 Å². The van der Waals surface area contributed by atoms with Gasteiger partial charge in [0.05, 0.1) is 5.25 Å². The lowest BCUT2D eigenvalue weighted by molar-refractivity contribution is -0.131. The summed E-state index contributed by atoms with van der Waals surface area (Å²) in [6, 6.07) is 0. The van der Waals surface area contributed by atoms with Crippen molar-refractivity contribution in [3.05, 3.63) is 0 Å². The molecule has 16 heavy (non-hydrogen) atoms.